The summed E-state index contributed by atoms with van der Waals surface area (Å²) in [4.78, 5) is 0. The maximum Gasteiger partial charge on any atom is 0.162 e. The van der Waals surface area contributed by atoms with Gasteiger partial charge in [0.05, 0.1) is 0 Å². The predicted octanol–water partition coefficient (Wildman–Crippen LogP) is 0.124. The highest BCUT2D eigenvalue weighted by atomic mass is 15.3. The summed E-state index contributed by atoms with van der Waals surface area (Å²) in [5.41, 5.74) is 0.824. The van der Waals surface area contributed by atoms with Crippen LogP contribution in [0, 0.1) is 0 Å². The summed E-state index contributed by atoms with van der Waals surface area (Å²) in [6, 6.07) is 3.76. The molecule has 0 saturated carbocycles. The van der Waals surface area contributed by atoms with Gasteiger partial charge >= 0.3 is 0 Å². The number of hydrogen-bond acceptors (Lipinski definition) is 3. The quantitative estimate of drug-likeness (QED) is 0.496. The van der Waals surface area contributed by atoms with Crippen molar-refractivity contribution in [2.45, 2.75) is 0 Å². The Kier molecular flexibility index (Phi) is 0.745. The highest BCUT2D eigenvalue weighted by Gasteiger charge is 1.87. The van der Waals surface area contributed by atoms with Crippen molar-refractivity contribution in [1.29, 1.82) is 0 Å². The first-order chi connectivity index (χ1) is 4.47. The van der Waals surface area contributed by atoms with Gasteiger partial charge in [-0.2, -0.15) is 0 Å². The van der Waals surface area contributed by atoms with Crippen LogP contribution in [-0.4, -0.2) is 19.8 Å². The van der Waals surface area contributed by atoms with Crippen LogP contribution in [0.1, 0.15) is 0 Å². The lowest BCUT2D eigenvalue weighted by atomic mass is 10.7. The molecule has 0 N–H and O–H groups in total. The van der Waals surface area contributed by atoms with Crippen LogP contribution >= 0.6 is 0 Å². The van der Waals surface area contributed by atoms with Gasteiger partial charge in [-0.25, -0.2) is 0 Å². The van der Waals surface area contributed by atoms with E-state index in [-0.39, 0.29) is 0 Å². The van der Waals surface area contributed by atoms with Crippen LogP contribution in [0.3, 0.4) is 0 Å². The zero-order valence-corrected chi connectivity index (χ0v) is 4.60. The molecule has 2 aromatic heterocycles. The van der Waals surface area contributed by atoms with E-state index in [2.05, 4.69) is 15.4 Å². The third-order valence-corrected chi connectivity index (χ3v) is 1.13. The van der Waals surface area contributed by atoms with Crippen molar-refractivity contribution in [3.8, 4) is 0 Å². The lowest BCUT2D eigenvalue weighted by molar-refractivity contribution is 0.826. The SMILES string of the molecule is c1cc2nnncn2c1. The number of hydrogen-bond donors (Lipinski definition) is 0. The van der Waals surface area contributed by atoms with E-state index in [1.54, 1.807) is 10.7 Å². The Hall–Kier alpha value is -1.45. The van der Waals surface area contributed by atoms with Gasteiger partial charge in [0.1, 0.15) is 6.33 Å². The highest BCUT2D eigenvalue weighted by molar-refractivity contribution is 5.35. The Labute approximate surface area is 51.1 Å². The molecule has 0 aromatic carbocycles. The van der Waals surface area contributed by atoms with Crippen LogP contribution in [0.2, 0.25) is 0 Å². The number of fused-ring (bicyclic) bond motifs is 1. The molecule has 2 heterocycles. The summed E-state index contributed by atoms with van der Waals surface area (Å²) >= 11 is 0. The van der Waals surface area contributed by atoms with E-state index < -0.39 is 0 Å². The van der Waals surface area contributed by atoms with Crippen LogP contribution in [0.25, 0.3) is 5.65 Å². The summed E-state index contributed by atoms with van der Waals surface area (Å²) in [6.07, 6.45) is 3.49. The molecule has 9 heavy (non-hydrogen) atoms. The van der Waals surface area contributed by atoms with Gasteiger partial charge < -0.3 is 0 Å². The van der Waals surface area contributed by atoms with Gasteiger partial charge in [-0.05, 0) is 17.3 Å². The molecule has 0 saturated heterocycles. The van der Waals surface area contributed by atoms with Crippen molar-refractivity contribution in [1.82, 2.24) is 19.8 Å². The molecule has 4 heteroatoms. The zero-order valence-electron chi connectivity index (χ0n) is 4.60. The molecule has 44 valence electrons. The fourth-order valence-corrected chi connectivity index (χ4v) is 0.717. The molecule has 0 atom stereocenters. The average molecular weight is 120 g/mol. The lowest BCUT2D eigenvalue weighted by Gasteiger charge is -1.84. The van der Waals surface area contributed by atoms with E-state index >= 15 is 0 Å². The zero-order chi connectivity index (χ0) is 6.10. The summed E-state index contributed by atoms with van der Waals surface area (Å²) in [6.45, 7) is 0. The van der Waals surface area contributed by atoms with E-state index in [1.165, 1.54) is 0 Å². The summed E-state index contributed by atoms with van der Waals surface area (Å²) < 4.78 is 1.80. The molecular formula is C5H4N4. The maximum absolute atomic E-state index is 3.74. The average Bonchev–Trinajstić information content (AvgIpc) is 2.33. The van der Waals surface area contributed by atoms with Gasteiger partial charge in [-0.1, -0.05) is 0 Å². The van der Waals surface area contributed by atoms with Crippen molar-refractivity contribution in [3.63, 3.8) is 0 Å². The molecule has 0 aliphatic rings. The lowest BCUT2D eigenvalue weighted by Crippen LogP contribution is -1.90. The number of aromatic nitrogens is 4. The minimum atomic E-state index is 0.824. The molecule has 0 aliphatic carbocycles. The first-order valence-corrected chi connectivity index (χ1v) is 2.58. The van der Waals surface area contributed by atoms with E-state index in [0.29, 0.717) is 0 Å². The number of rotatable bonds is 0. The molecule has 0 amide bonds. The topological polar surface area (TPSA) is 43.1 Å². The first-order valence-electron chi connectivity index (χ1n) is 2.58. The Balaban J connectivity index is 2.95. The maximum atomic E-state index is 3.74. The van der Waals surface area contributed by atoms with Gasteiger partial charge in [-0.3, -0.25) is 4.40 Å². The van der Waals surface area contributed by atoms with Crippen LogP contribution in [0.15, 0.2) is 24.7 Å². The molecule has 2 aromatic rings. The van der Waals surface area contributed by atoms with Crippen LogP contribution in [-0.2, 0) is 0 Å². The molecule has 0 radical (unpaired) electrons. The van der Waals surface area contributed by atoms with Crippen molar-refractivity contribution < 1.29 is 0 Å². The van der Waals surface area contributed by atoms with Gasteiger partial charge in [0.2, 0.25) is 0 Å². The molecule has 0 bridgehead atoms. The molecule has 0 fully saturated rings. The standard InChI is InChI=1S/C5H4N4/c1-2-5-7-8-6-4-9(5)3-1/h1-4H. The van der Waals surface area contributed by atoms with Crippen molar-refractivity contribution >= 4 is 5.65 Å². The van der Waals surface area contributed by atoms with Crippen molar-refractivity contribution in [3.05, 3.63) is 24.7 Å². The fourth-order valence-electron chi connectivity index (χ4n) is 0.717. The van der Waals surface area contributed by atoms with E-state index in [9.17, 15) is 0 Å². The smallest absolute Gasteiger partial charge is 0.162 e. The predicted molar refractivity (Wildman–Crippen MR) is 30.8 cm³/mol. The van der Waals surface area contributed by atoms with Crippen molar-refractivity contribution in [2.24, 2.45) is 0 Å². The second-order valence-electron chi connectivity index (χ2n) is 1.69. The van der Waals surface area contributed by atoms with Crippen LogP contribution < -0.4 is 0 Å². The van der Waals surface area contributed by atoms with E-state index in [0.717, 1.165) is 5.65 Å². The second-order valence-corrected chi connectivity index (χ2v) is 1.69. The third kappa shape index (κ3) is 0.561. The van der Waals surface area contributed by atoms with Crippen molar-refractivity contribution in [2.75, 3.05) is 0 Å². The van der Waals surface area contributed by atoms with Gasteiger partial charge in [0.25, 0.3) is 0 Å². The number of nitrogens with zero attached hydrogens (tertiary/aromatic N) is 4. The monoisotopic (exact) mass is 120 g/mol. The molecule has 2 rings (SSSR count). The largest absolute Gasteiger partial charge is 0.289 e. The van der Waals surface area contributed by atoms with E-state index in [1.807, 2.05) is 18.3 Å². The third-order valence-electron chi connectivity index (χ3n) is 1.13. The molecule has 4 nitrogen and oxygen atoms in total. The Morgan fingerprint density at radius 1 is 1.44 bits per heavy atom. The van der Waals surface area contributed by atoms with Gasteiger partial charge in [0.15, 0.2) is 5.65 Å². The normalized spacial score (nSPS) is 10.2. The van der Waals surface area contributed by atoms with Gasteiger partial charge in [-0.15, -0.1) is 10.2 Å². The summed E-state index contributed by atoms with van der Waals surface area (Å²) in [5.74, 6) is 0. The van der Waals surface area contributed by atoms with Crippen LogP contribution in [0.5, 0.6) is 0 Å². The molecule has 0 unspecified atom stereocenters. The molecule has 0 spiro atoms. The first kappa shape index (κ1) is 4.43. The van der Waals surface area contributed by atoms with Gasteiger partial charge in [0, 0.05) is 6.20 Å². The molecule has 0 aliphatic heterocycles. The summed E-state index contributed by atoms with van der Waals surface area (Å²) in [7, 11) is 0. The minimum absolute atomic E-state index is 0.824. The highest BCUT2D eigenvalue weighted by Crippen LogP contribution is 1.93. The Morgan fingerprint density at radius 2 is 2.44 bits per heavy atom. The Bertz CT molecular complexity index is 283. The summed E-state index contributed by atoms with van der Waals surface area (Å²) in [5, 5.41) is 10.8. The fraction of sp³-hybridized carbons (Fsp3) is 0. The second kappa shape index (κ2) is 1.51. The minimum Gasteiger partial charge on any atom is -0.289 e. The molecular weight excluding hydrogens is 116 g/mol. The Morgan fingerprint density at radius 3 is 3.33 bits per heavy atom. The van der Waals surface area contributed by atoms with E-state index in [4.69, 9.17) is 0 Å². The van der Waals surface area contributed by atoms with Crippen LogP contribution in [0.4, 0.5) is 0 Å².